The zero-order valence-electron chi connectivity index (χ0n) is 13.1. The van der Waals surface area contributed by atoms with Crippen LogP contribution in [0.2, 0.25) is 0 Å². The second-order valence-corrected chi connectivity index (χ2v) is 8.00. The minimum Gasteiger partial charge on any atom is -0.465 e. The van der Waals surface area contributed by atoms with Gasteiger partial charge >= 0.3 is 5.97 Å². The first-order chi connectivity index (χ1) is 10.9. The van der Waals surface area contributed by atoms with Gasteiger partial charge in [0.25, 0.3) is 0 Å². The number of benzene rings is 1. The van der Waals surface area contributed by atoms with Crippen molar-refractivity contribution in [2.45, 2.75) is 23.8 Å². The summed E-state index contributed by atoms with van der Waals surface area (Å²) in [6.45, 7) is 0.670. The van der Waals surface area contributed by atoms with Crippen LogP contribution in [0.15, 0.2) is 23.1 Å². The maximum atomic E-state index is 14.0. The van der Waals surface area contributed by atoms with Crippen LogP contribution < -0.4 is 5.73 Å². The lowest BCUT2D eigenvalue weighted by Crippen LogP contribution is -2.34. The Morgan fingerprint density at radius 1 is 1.33 bits per heavy atom. The van der Waals surface area contributed by atoms with Gasteiger partial charge in [0.15, 0.2) is 0 Å². The molecule has 1 saturated heterocycles. The van der Waals surface area contributed by atoms with Crippen molar-refractivity contribution in [1.29, 1.82) is 0 Å². The zero-order valence-corrected chi connectivity index (χ0v) is 14.8. The number of carbonyl (C=O) groups excluding carboxylic acids is 1. The Labute approximate surface area is 146 Å². The number of hydrogen-bond donors (Lipinski definition) is 1. The number of hydrogen-bond acceptors (Lipinski definition) is 5. The molecule has 6 nitrogen and oxygen atoms in total. The molecule has 3 unspecified atom stereocenters. The predicted molar refractivity (Wildman–Crippen MR) is 87.9 cm³/mol. The first-order valence-corrected chi connectivity index (χ1v) is 8.93. The number of nitrogens with two attached hydrogens (primary N) is 1. The van der Waals surface area contributed by atoms with Crippen LogP contribution in [0.1, 0.15) is 23.2 Å². The van der Waals surface area contributed by atoms with Crippen LogP contribution in [0.4, 0.5) is 4.39 Å². The minimum absolute atomic E-state index is 0. The van der Waals surface area contributed by atoms with Gasteiger partial charge in [0, 0.05) is 19.1 Å². The van der Waals surface area contributed by atoms with Gasteiger partial charge in [-0.3, -0.25) is 0 Å². The largest absolute Gasteiger partial charge is 0.465 e. The summed E-state index contributed by atoms with van der Waals surface area (Å²) < 4.78 is 45.6. The Hall–Kier alpha value is -1.22. The number of rotatable bonds is 3. The summed E-state index contributed by atoms with van der Waals surface area (Å²) >= 11 is 0. The van der Waals surface area contributed by atoms with Crippen LogP contribution >= 0.6 is 12.4 Å². The van der Waals surface area contributed by atoms with E-state index in [9.17, 15) is 17.6 Å². The third-order valence-electron chi connectivity index (χ3n) is 4.86. The van der Waals surface area contributed by atoms with E-state index in [1.165, 1.54) is 16.4 Å². The van der Waals surface area contributed by atoms with E-state index in [0.717, 1.165) is 26.0 Å². The van der Waals surface area contributed by atoms with Crippen molar-refractivity contribution in [3.63, 3.8) is 0 Å². The molecular formula is C15H20ClFN2O4S. The molecule has 0 amide bonds. The van der Waals surface area contributed by atoms with Gasteiger partial charge in [-0.15, -0.1) is 12.4 Å². The molecule has 0 spiro atoms. The molecule has 1 heterocycles. The van der Waals surface area contributed by atoms with Crippen molar-refractivity contribution in [3.05, 3.63) is 29.6 Å². The summed E-state index contributed by atoms with van der Waals surface area (Å²) in [5.74, 6) is -1.55. The Kier molecular flexibility index (Phi) is 5.54. The number of fused-ring (bicyclic) bond motifs is 1. The van der Waals surface area contributed by atoms with Gasteiger partial charge in [-0.25, -0.2) is 17.6 Å². The van der Waals surface area contributed by atoms with Crippen molar-refractivity contribution < 1.29 is 22.3 Å². The van der Waals surface area contributed by atoms with Crippen LogP contribution in [0, 0.1) is 17.7 Å². The monoisotopic (exact) mass is 378 g/mol. The lowest BCUT2D eigenvalue weighted by atomic mass is 9.98. The third kappa shape index (κ3) is 3.03. The Bertz CT molecular complexity index is 743. The van der Waals surface area contributed by atoms with Crippen molar-refractivity contribution in [2.24, 2.45) is 17.6 Å². The highest BCUT2D eigenvalue weighted by Crippen LogP contribution is 2.39. The maximum Gasteiger partial charge on any atom is 0.342 e. The average molecular weight is 379 g/mol. The van der Waals surface area contributed by atoms with E-state index >= 15 is 0 Å². The van der Waals surface area contributed by atoms with E-state index < -0.39 is 27.4 Å². The maximum absolute atomic E-state index is 14.0. The highest BCUT2D eigenvalue weighted by Gasteiger charge is 2.46. The molecular weight excluding hydrogens is 359 g/mol. The fourth-order valence-electron chi connectivity index (χ4n) is 3.62. The van der Waals surface area contributed by atoms with E-state index in [2.05, 4.69) is 4.74 Å². The lowest BCUT2D eigenvalue weighted by Gasteiger charge is -2.20. The highest BCUT2D eigenvalue weighted by atomic mass is 35.5. The minimum atomic E-state index is -3.98. The average Bonchev–Trinajstić information content (AvgIpc) is 3.09. The van der Waals surface area contributed by atoms with Gasteiger partial charge < -0.3 is 10.5 Å². The van der Waals surface area contributed by atoms with Crippen LogP contribution in [0.5, 0.6) is 0 Å². The number of halogens is 2. The van der Waals surface area contributed by atoms with Crippen LogP contribution in [0.25, 0.3) is 0 Å². The van der Waals surface area contributed by atoms with E-state index in [1.807, 2.05) is 0 Å². The normalized spacial score (nSPS) is 26.7. The highest BCUT2D eigenvalue weighted by molar-refractivity contribution is 7.89. The number of sulfonamides is 1. The van der Waals surface area contributed by atoms with Gasteiger partial charge in [0.05, 0.1) is 12.0 Å². The Morgan fingerprint density at radius 2 is 2.04 bits per heavy atom. The summed E-state index contributed by atoms with van der Waals surface area (Å²) in [5.41, 5.74) is 5.49. The van der Waals surface area contributed by atoms with Crippen molar-refractivity contribution in [1.82, 2.24) is 4.31 Å². The number of nitrogens with zero attached hydrogens (tertiary/aromatic N) is 1. The standard InChI is InChI=1S/C15H19FN2O4S.ClH/c1-22-15(19)14-11(16)3-2-4-13(14)23(20,21)18-7-9-5-6-12(17)10(9)8-18;/h2-4,9-10,12H,5-8,17H2,1H3;1H. The Morgan fingerprint density at radius 3 is 2.67 bits per heavy atom. The number of ether oxygens (including phenoxy) is 1. The molecule has 0 aromatic heterocycles. The predicted octanol–water partition coefficient (Wildman–Crippen LogP) is 1.39. The Balaban J connectivity index is 0.00000208. The fraction of sp³-hybridized carbons (Fsp3) is 0.533. The summed E-state index contributed by atoms with van der Waals surface area (Å²) in [6.07, 6.45) is 1.79. The molecule has 1 aliphatic carbocycles. The molecule has 134 valence electrons. The molecule has 24 heavy (non-hydrogen) atoms. The molecule has 0 bridgehead atoms. The van der Waals surface area contributed by atoms with Crippen molar-refractivity contribution in [3.8, 4) is 0 Å². The second kappa shape index (κ2) is 6.95. The van der Waals surface area contributed by atoms with Gasteiger partial charge in [0.2, 0.25) is 10.0 Å². The van der Waals surface area contributed by atoms with Gasteiger partial charge in [0.1, 0.15) is 11.4 Å². The van der Waals surface area contributed by atoms with E-state index in [4.69, 9.17) is 5.73 Å². The summed E-state index contributed by atoms with van der Waals surface area (Å²) in [7, 11) is -2.89. The fourth-order valence-corrected chi connectivity index (χ4v) is 5.35. The zero-order chi connectivity index (χ0) is 16.8. The molecule has 9 heteroatoms. The molecule has 3 atom stereocenters. The molecule has 3 rings (SSSR count). The number of esters is 1. The molecule has 1 aromatic rings. The van der Waals surface area contributed by atoms with Crippen LogP contribution in [0.3, 0.4) is 0 Å². The van der Waals surface area contributed by atoms with Crippen molar-refractivity contribution in [2.75, 3.05) is 20.2 Å². The van der Waals surface area contributed by atoms with Gasteiger partial charge in [-0.1, -0.05) is 6.07 Å². The molecule has 2 fully saturated rings. The lowest BCUT2D eigenvalue weighted by molar-refractivity contribution is 0.0590. The van der Waals surface area contributed by atoms with Crippen LogP contribution in [-0.4, -0.2) is 44.9 Å². The van der Waals surface area contributed by atoms with Crippen molar-refractivity contribution >= 4 is 28.4 Å². The smallest absolute Gasteiger partial charge is 0.342 e. The molecule has 0 radical (unpaired) electrons. The molecule has 2 aliphatic rings. The second-order valence-electron chi connectivity index (χ2n) is 6.09. The van der Waals surface area contributed by atoms with E-state index in [0.29, 0.717) is 13.1 Å². The van der Waals surface area contributed by atoms with Gasteiger partial charge in [-0.2, -0.15) is 4.31 Å². The topological polar surface area (TPSA) is 89.7 Å². The first-order valence-electron chi connectivity index (χ1n) is 7.48. The first kappa shape index (κ1) is 19.1. The summed E-state index contributed by atoms with van der Waals surface area (Å²) in [5, 5.41) is 0. The van der Waals surface area contributed by atoms with Gasteiger partial charge in [-0.05, 0) is 36.8 Å². The van der Waals surface area contributed by atoms with E-state index in [1.54, 1.807) is 0 Å². The summed E-state index contributed by atoms with van der Waals surface area (Å²) in [6, 6.07) is 3.54. The number of methoxy groups -OCH3 is 1. The molecule has 1 aromatic carbocycles. The number of carbonyl (C=O) groups is 1. The van der Waals surface area contributed by atoms with Crippen LogP contribution in [-0.2, 0) is 14.8 Å². The molecule has 1 saturated carbocycles. The molecule has 1 aliphatic heterocycles. The summed E-state index contributed by atoms with van der Waals surface area (Å²) in [4.78, 5) is 11.5. The quantitative estimate of drug-likeness (QED) is 0.803. The SMILES string of the molecule is COC(=O)c1c(F)cccc1S(=O)(=O)N1CC2CCC(N)C2C1.Cl. The third-order valence-corrected chi connectivity index (χ3v) is 6.74. The molecule has 2 N–H and O–H groups in total. The van der Waals surface area contributed by atoms with E-state index in [-0.39, 0.29) is 35.2 Å².